The summed E-state index contributed by atoms with van der Waals surface area (Å²) in [6, 6.07) is 7.35. The van der Waals surface area contributed by atoms with Crippen molar-refractivity contribution in [3.63, 3.8) is 0 Å². The summed E-state index contributed by atoms with van der Waals surface area (Å²) < 4.78 is 31.7. The Morgan fingerprint density at radius 1 is 1.26 bits per heavy atom. The van der Waals surface area contributed by atoms with Crippen molar-refractivity contribution in [3.8, 4) is 11.3 Å². The summed E-state index contributed by atoms with van der Waals surface area (Å²) in [7, 11) is -1.69. The van der Waals surface area contributed by atoms with Gasteiger partial charge < -0.3 is 11.5 Å². The van der Waals surface area contributed by atoms with Crippen molar-refractivity contribution in [2.75, 3.05) is 19.6 Å². The lowest BCUT2D eigenvalue weighted by molar-refractivity contribution is 0.308. The number of nitrogens with two attached hydrogens (primary N) is 2. The molecule has 0 unspecified atom stereocenters. The topological polar surface area (TPSA) is 132 Å². The number of benzene rings is 1. The molecular weight excluding hydrogens is 497 g/mol. The van der Waals surface area contributed by atoms with E-state index in [0.29, 0.717) is 42.4 Å². The van der Waals surface area contributed by atoms with Gasteiger partial charge in [0.05, 0.1) is 21.8 Å². The van der Waals surface area contributed by atoms with Gasteiger partial charge in [0, 0.05) is 43.9 Å². The van der Waals surface area contributed by atoms with Crippen LogP contribution < -0.4 is 16.2 Å². The summed E-state index contributed by atoms with van der Waals surface area (Å²) in [5, 5.41) is 5.57. The van der Waals surface area contributed by atoms with E-state index in [1.807, 2.05) is 43.8 Å². The molecule has 34 heavy (non-hydrogen) atoms. The van der Waals surface area contributed by atoms with E-state index in [9.17, 15) is 8.42 Å². The molecule has 1 fully saturated rings. The van der Waals surface area contributed by atoms with E-state index in [1.165, 1.54) is 4.31 Å². The zero-order valence-corrected chi connectivity index (χ0v) is 22.0. The minimum Gasteiger partial charge on any atom is -0.370 e. The van der Waals surface area contributed by atoms with Crippen LogP contribution in [-0.4, -0.2) is 54.1 Å². The molecule has 9 nitrogen and oxygen atoms in total. The second-order valence-electron chi connectivity index (χ2n) is 8.91. The van der Waals surface area contributed by atoms with Crippen LogP contribution in [-0.2, 0) is 17.3 Å². The molecule has 1 atom stereocenters. The normalized spacial score (nSPS) is 16.6. The number of halogens is 2. The predicted molar refractivity (Wildman–Crippen MR) is 138 cm³/mol. The molecule has 0 radical (unpaired) electrons. The van der Waals surface area contributed by atoms with E-state index in [0.717, 1.165) is 17.0 Å². The van der Waals surface area contributed by atoms with Crippen LogP contribution in [0.1, 0.15) is 44.7 Å². The van der Waals surface area contributed by atoms with Crippen LogP contribution in [0.25, 0.3) is 11.3 Å². The minimum absolute atomic E-state index is 0.0135. The Kier molecular flexibility index (Phi) is 8.86. The van der Waals surface area contributed by atoms with E-state index < -0.39 is 10.2 Å². The van der Waals surface area contributed by atoms with Crippen LogP contribution in [0.2, 0.25) is 10.0 Å². The number of aliphatic imine (C=N–C) groups is 1. The van der Waals surface area contributed by atoms with Gasteiger partial charge in [0.25, 0.3) is 10.2 Å². The predicted octanol–water partition coefficient (Wildman–Crippen LogP) is 3.10. The Labute approximate surface area is 211 Å². The molecule has 3 rings (SSSR count). The first-order valence-electron chi connectivity index (χ1n) is 11.3. The summed E-state index contributed by atoms with van der Waals surface area (Å²) >= 11 is 12.5. The molecule has 1 saturated heterocycles. The van der Waals surface area contributed by atoms with Crippen molar-refractivity contribution in [2.24, 2.45) is 29.4 Å². The maximum absolute atomic E-state index is 12.8. The second-order valence-corrected chi connectivity index (χ2v) is 11.4. The van der Waals surface area contributed by atoms with E-state index in [4.69, 9.17) is 34.7 Å². The van der Waals surface area contributed by atoms with Crippen LogP contribution in [0.3, 0.4) is 0 Å². The molecule has 0 saturated carbocycles. The summed E-state index contributed by atoms with van der Waals surface area (Å²) in [4.78, 5) is 4.19. The Bertz CT molecular complexity index is 1120. The number of aryl methyl sites for hydroxylation is 1. The molecule has 0 aliphatic carbocycles. The summed E-state index contributed by atoms with van der Waals surface area (Å²) in [5.74, 6) is 0.412. The van der Waals surface area contributed by atoms with Gasteiger partial charge in [-0.15, -0.1) is 0 Å². The lowest BCUT2D eigenvalue weighted by atomic mass is 9.94. The summed E-state index contributed by atoms with van der Waals surface area (Å²) in [5.41, 5.74) is 13.6. The highest BCUT2D eigenvalue weighted by Crippen LogP contribution is 2.36. The standard InChI is InChI=1S/C22H33Cl2N7O2S/c1-14(2)18(28-22(25)26)7-10-27-34(32,33)31-11-8-15(9-12-31)20-13-19(29-30(20)3)16-5-4-6-17(23)21(16)24/h4-6,13-15,18,27H,7-12H2,1-3H3,(H4,25,26,28)/t18-/m0/s1. The third kappa shape index (κ3) is 6.42. The van der Waals surface area contributed by atoms with Gasteiger partial charge in [0.1, 0.15) is 0 Å². The average molecular weight is 531 g/mol. The molecule has 0 amide bonds. The van der Waals surface area contributed by atoms with Crippen molar-refractivity contribution < 1.29 is 8.42 Å². The number of hydrogen-bond acceptors (Lipinski definition) is 4. The average Bonchev–Trinajstić information content (AvgIpc) is 3.16. The minimum atomic E-state index is -3.58. The largest absolute Gasteiger partial charge is 0.370 e. The number of hydrogen-bond donors (Lipinski definition) is 3. The maximum Gasteiger partial charge on any atom is 0.279 e. The molecule has 0 spiro atoms. The van der Waals surface area contributed by atoms with Gasteiger partial charge in [-0.05, 0) is 37.3 Å². The molecule has 1 aromatic heterocycles. The molecule has 0 bridgehead atoms. The van der Waals surface area contributed by atoms with Crippen LogP contribution in [0.5, 0.6) is 0 Å². The van der Waals surface area contributed by atoms with Crippen LogP contribution in [0.4, 0.5) is 0 Å². The highest BCUT2D eigenvalue weighted by Gasteiger charge is 2.30. The Morgan fingerprint density at radius 3 is 2.56 bits per heavy atom. The Morgan fingerprint density at radius 2 is 1.94 bits per heavy atom. The van der Waals surface area contributed by atoms with Gasteiger partial charge in [0.2, 0.25) is 0 Å². The van der Waals surface area contributed by atoms with E-state index in [1.54, 1.807) is 6.07 Å². The summed E-state index contributed by atoms with van der Waals surface area (Å²) in [6.07, 6.45) is 1.92. The first-order valence-corrected chi connectivity index (χ1v) is 13.5. The van der Waals surface area contributed by atoms with Gasteiger partial charge in [-0.3, -0.25) is 4.68 Å². The molecule has 1 aromatic carbocycles. The smallest absolute Gasteiger partial charge is 0.279 e. The number of nitrogens with one attached hydrogen (secondary N) is 1. The third-order valence-electron chi connectivity index (χ3n) is 6.16. The Balaban J connectivity index is 1.60. The number of rotatable bonds is 9. The van der Waals surface area contributed by atoms with E-state index in [-0.39, 0.29) is 30.4 Å². The lowest BCUT2D eigenvalue weighted by Gasteiger charge is -2.31. The molecule has 1 aliphatic rings. The fraction of sp³-hybridized carbons (Fsp3) is 0.545. The lowest BCUT2D eigenvalue weighted by Crippen LogP contribution is -2.45. The number of guanidine groups is 1. The zero-order chi connectivity index (χ0) is 25.0. The van der Waals surface area contributed by atoms with Crippen molar-refractivity contribution in [2.45, 2.75) is 45.1 Å². The van der Waals surface area contributed by atoms with Crippen LogP contribution >= 0.6 is 23.2 Å². The van der Waals surface area contributed by atoms with Gasteiger partial charge in [-0.2, -0.15) is 17.8 Å². The first-order chi connectivity index (χ1) is 16.0. The molecule has 12 heteroatoms. The number of nitrogens with zero attached hydrogens (tertiary/aromatic N) is 4. The van der Waals surface area contributed by atoms with Crippen molar-refractivity contribution in [1.82, 2.24) is 18.8 Å². The van der Waals surface area contributed by atoms with Gasteiger partial charge in [-0.25, -0.2) is 9.71 Å². The van der Waals surface area contributed by atoms with Gasteiger partial charge in [0.15, 0.2) is 5.96 Å². The Hall–Kier alpha value is -1.85. The fourth-order valence-electron chi connectivity index (χ4n) is 4.25. The highest BCUT2D eigenvalue weighted by atomic mass is 35.5. The highest BCUT2D eigenvalue weighted by molar-refractivity contribution is 7.87. The fourth-order valence-corrected chi connectivity index (χ4v) is 5.90. The van der Waals surface area contributed by atoms with Crippen LogP contribution in [0, 0.1) is 5.92 Å². The second kappa shape index (κ2) is 11.3. The van der Waals surface area contributed by atoms with E-state index in [2.05, 4.69) is 14.8 Å². The third-order valence-corrected chi connectivity index (χ3v) is 8.60. The molecular formula is C22H33Cl2N7O2S. The maximum atomic E-state index is 12.8. The molecule has 2 heterocycles. The van der Waals surface area contributed by atoms with Gasteiger partial charge >= 0.3 is 0 Å². The quantitative estimate of drug-likeness (QED) is 0.339. The summed E-state index contributed by atoms with van der Waals surface area (Å²) in [6.45, 7) is 5.13. The number of aromatic nitrogens is 2. The molecule has 1 aliphatic heterocycles. The molecule has 2 aromatic rings. The molecule has 5 N–H and O–H groups in total. The van der Waals surface area contributed by atoms with Crippen molar-refractivity contribution >= 4 is 39.4 Å². The number of piperidine rings is 1. The van der Waals surface area contributed by atoms with Gasteiger partial charge in [-0.1, -0.05) is 49.2 Å². The molecule has 188 valence electrons. The zero-order valence-electron chi connectivity index (χ0n) is 19.7. The van der Waals surface area contributed by atoms with Crippen LogP contribution in [0.15, 0.2) is 29.3 Å². The monoisotopic (exact) mass is 529 g/mol. The van der Waals surface area contributed by atoms with E-state index >= 15 is 0 Å². The SMILES string of the molecule is CC(C)[C@H](CCNS(=O)(=O)N1CCC(c2cc(-c3cccc(Cl)c3Cl)nn2C)CC1)N=C(N)N. The van der Waals surface area contributed by atoms with Crippen molar-refractivity contribution in [1.29, 1.82) is 0 Å². The first kappa shape index (κ1) is 26.7. The van der Waals surface area contributed by atoms with Crippen molar-refractivity contribution in [3.05, 3.63) is 40.0 Å².